The normalized spacial score (nSPS) is 25.2. The Balaban J connectivity index is 0.000000375. The lowest BCUT2D eigenvalue weighted by molar-refractivity contribution is -0.155. The molecule has 0 N–H and O–H groups in total. The molecule has 4 heteroatoms. The fourth-order valence-corrected chi connectivity index (χ4v) is 6.69. The smallest absolute Gasteiger partial charge is 0.229 e. The first-order valence-corrected chi connectivity index (χ1v) is 14.6. The summed E-state index contributed by atoms with van der Waals surface area (Å²) < 4.78 is 0. The zero-order chi connectivity index (χ0) is 25.5. The van der Waals surface area contributed by atoms with Gasteiger partial charge in [0.15, 0.2) is 0 Å². The molecule has 1 saturated heterocycles. The summed E-state index contributed by atoms with van der Waals surface area (Å²) in [7, 11) is 0. The molecule has 0 radical (unpaired) electrons. The molecule has 0 spiro atoms. The SMILES string of the molecule is C=CC[C@@]1(CC)CCC(c2ccc(Cl)cc2)N(C(CC2CCCC2)C2CC2)C1=O.Clc1ccccc1. The second-order valence-electron chi connectivity index (χ2n) is 11.0. The standard InChI is InChI=1S/C26H36ClNO.C6H5Cl/c1-3-16-26(4-2)17-15-23(20-11-13-22(27)14-12-20)28(25(26)29)24(21-9-10-21)18-19-7-5-6-8-19;7-6-4-2-1-3-5-6/h3,11-14,19,21,23-24H,1,4-10,15-18H2,2H3;1-5H/t23?,24?,26-;/m0./s1. The summed E-state index contributed by atoms with van der Waals surface area (Å²) in [6, 6.07) is 18.3. The van der Waals surface area contributed by atoms with Crippen molar-refractivity contribution < 1.29 is 4.79 Å². The second-order valence-corrected chi connectivity index (χ2v) is 11.9. The van der Waals surface area contributed by atoms with E-state index in [1.807, 2.05) is 48.5 Å². The van der Waals surface area contributed by atoms with E-state index < -0.39 is 0 Å². The molecule has 36 heavy (non-hydrogen) atoms. The summed E-state index contributed by atoms with van der Waals surface area (Å²) in [6.45, 7) is 6.17. The van der Waals surface area contributed by atoms with E-state index in [4.69, 9.17) is 23.2 Å². The lowest BCUT2D eigenvalue weighted by atomic mass is 9.70. The zero-order valence-electron chi connectivity index (χ0n) is 21.7. The topological polar surface area (TPSA) is 20.3 Å². The quantitative estimate of drug-likeness (QED) is 0.314. The van der Waals surface area contributed by atoms with E-state index >= 15 is 0 Å². The number of allylic oxidation sites excluding steroid dienone is 1. The van der Waals surface area contributed by atoms with E-state index in [1.165, 1.54) is 50.5 Å². The van der Waals surface area contributed by atoms with Crippen LogP contribution in [0.1, 0.15) is 89.2 Å². The minimum atomic E-state index is -0.256. The fourth-order valence-electron chi connectivity index (χ4n) is 6.42. The number of piperidine rings is 1. The molecule has 194 valence electrons. The number of rotatable bonds is 8. The molecule has 2 aliphatic carbocycles. The molecule has 2 unspecified atom stereocenters. The monoisotopic (exact) mass is 525 g/mol. The van der Waals surface area contributed by atoms with E-state index in [2.05, 4.69) is 30.5 Å². The number of amides is 1. The Hall–Kier alpha value is -1.77. The highest BCUT2D eigenvalue weighted by Crippen LogP contribution is 2.51. The van der Waals surface area contributed by atoms with Crippen molar-refractivity contribution in [2.45, 2.75) is 89.6 Å². The second kappa shape index (κ2) is 12.7. The van der Waals surface area contributed by atoms with E-state index in [0.29, 0.717) is 17.9 Å². The third kappa shape index (κ3) is 6.56. The van der Waals surface area contributed by atoms with Crippen molar-refractivity contribution in [3.05, 3.63) is 82.9 Å². The maximum atomic E-state index is 14.1. The molecule has 0 bridgehead atoms. The Morgan fingerprint density at radius 3 is 2.14 bits per heavy atom. The van der Waals surface area contributed by atoms with Crippen LogP contribution < -0.4 is 0 Å². The van der Waals surface area contributed by atoms with E-state index in [9.17, 15) is 4.79 Å². The number of halogens is 2. The van der Waals surface area contributed by atoms with Crippen LogP contribution in [0.2, 0.25) is 10.0 Å². The Morgan fingerprint density at radius 2 is 1.61 bits per heavy atom. The van der Waals surface area contributed by atoms with Gasteiger partial charge in [-0.05, 0) is 86.6 Å². The number of carbonyl (C=O) groups excluding carboxylic acids is 1. The molecule has 0 aromatic heterocycles. The molecule has 2 nitrogen and oxygen atoms in total. The molecule has 3 atom stereocenters. The van der Waals surface area contributed by atoms with Crippen molar-refractivity contribution in [2.75, 3.05) is 0 Å². The molecule has 1 heterocycles. The Kier molecular flexibility index (Phi) is 9.58. The van der Waals surface area contributed by atoms with Gasteiger partial charge < -0.3 is 4.90 Å². The lowest BCUT2D eigenvalue weighted by Crippen LogP contribution is -2.54. The summed E-state index contributed by atoms with van der Waals surface area (Å²) >= 11 is 11.7. The van der Waals surface area contributed by atoms with Gasteiger partial charge in [0.25, 0.3) is 0 Å². The zero-order valence-corrected chi connectivity index (χ0v) is 23.2. The molecule has 3 fully saturated rings. The van der Waals surface area contributed by atoms with Gasteiger partial charge in [0.05, 0.1) is 11.5 Å². The van der Waals surface area contributed by atoms with Gasteiger partial charge in [0.1, 0.15) is 0 Å². The molecular formula is C32H41Cl2NO. The van der Waals surface area contributed by atoms with Crippen molar-refractivity contribution in [1.82, 2.24) is 4.90 Å². The van der Waals surface area contributed by atoms with Crippen LogP contribution in [-0.2, 0) is 4.79 Å². The van der Waals surface area contributed by atoms with Gasteiger partial charge in [0, 0.05) is 16.1 Å². The van der Waals surface area contributed by atoms with Gasteiger partial charge in [-0.15, -0.1) is 6.58 Å². The Morgan fingerprint density at radius 1 is 0.972 bits per heavy atom. The predicted octanol–water partition coefficient (Wildman–Crippen LogP) is 9.67. The average Bonchev–Trinajstić information content (AvgIpc) is 3.61. The summed E-state index contributed by atoms with van der Waals surface area (Å²) in [5, 5.41) is 1.56. The minimum absolute atomic E-state index is 0.191. The highest BCUT2D eigenvalue weighted by Gasteiger charge is 2.50. The van der Waals surface area contributed by atoms with Gasteiger partial charge in [-0.2, -0.15) is 0 Å². The van der Waals surface area contributed by atoms with Crippen LogP contribution in [0.4, 0.5) is 0 Å². The fraction of sp³-hybridized carbons (Fsp3) is 0.531. The number of carbonyl (C=O) groups is 1. The Labute approximate surface area is 228 Å². The summed E-state index contributed by atoms with van der Waals surface area (Å²) in [4.78, 5) is 16.5. The molecule has 5 rings (SSSR count). The molecular weight excluding hydrogens is 485 g/mol. The van der Waals surface area contributed by atoms with Gasteiger partial charge in [-0.1, -0.05) is 92.2 Å². The van der Waals surface area contributed by atoms with Crippen molar-refractivity contribution in [3.63, 3.8) is 0 Å². The molecule has 3 aliphatic rings. The van der Waals surface area contributed by atoms with E-state index in [-0.39, 0.29) is 11.5 Å². The van der Waals surface area contributed by atoms with Crippen LogP contribution in [0.25, 0.3) is 0 Å². The van der Waals surface area contributed by atoms with E-state index in [0.717, 1.165) is 41.6 Å². The first-order valence-electron chi connectivity index (χ1n) is 13.9. The average molecular weight is 527 g/mol. The van der Waals surface area contributed by atoms with Crippen LogP contribution in [0.3, 0.4) is 0 Å². The summed E-state index contributed by atoms with van der Waals surface area (Å²) in [6.07, 6.45) is 14.9. The van der Waals surface area contributed by atoms with Gasteiger partial charge in [-0.25, -0.2) is 0 Å². The number of likely N-dealkylation sites (tertiary alicyclic amines) is 1. The predicted molar refractivity (Wildman–Crippen MR) is 152 cm³/mol. The molecule has 1 aliphatic heterocycles. The van der Waals surface area contributed by atoms with Crippen molar-refractivity contribution in [1.29, 1.82) is 0 Å². The van der Waals surface area contributed by atoms with Crippen LogP contribution in [0.5, 0.6) is 0 Å². The molecule has 2 aromatic rings. The maximum absolute atomic E-state index is 14.1. The van der Waals surface area contributed by atoms with Gasteiger partial charge >= 0.3 is 0 Å². The molecule has 2 aromatic carbocycles. The number of nitrogens with zero attached hydrogens (tertiary/aromatic N) is 1. The third-order valence-electron chi connectivity index (χ3n) is 8.69. The van der Waals surface area contributed by atoms with E-state index in [1.54, 1.807) is 0 Å². The highest BCUT2D eigenvalue weighted by molar-refractivity contribution is 6.30. The summed E-state index contributed by atoms with van der Waals surface area (Å²) in [5.41, 5.74) is 0.996. The van der Waals surface area contributed by atoms with Crippen LogP contribution >= 0.6 is 23.2 Å². The number of hydrogen-bond donors (Lipinski definition) is 0. The minimum Gasteiger partial charge on any atom is -0.332 e. The van der Waals surface area contributed by atoms with Crippen molar-refractivity contribution in [2.24, 2.45) is 17.3 Å². The lowest BCUT2D eigenvalue weighted by Gasteiger charge is -2.50. The van der Waals surface area contributed by atoms with Crippen molar-refractivity contribution >= 4 is 29.1 Å². The third-order valence-corrected chi connectivity index (χ3v) is 9.20. The van der Waals surface area contributed by atoms with Gasteiger partial charge in [-0.3, -0.25) is 4.79 Å². The first-order chi connectivity index (χ1) is 17.5. The summed E-state index contributed by atoms with van der Waals surface area (Å²) in [5.74, 6) is 1.89. The Bertz CT molecular complexity index is 981. The number of benzene rings is 2. The molecule has 2 saturated carbocycles. The van der Waals surface area contributed by atoms with Gasteiger partial charge in [0.2, 0.25) is 5.91 Å². The first kappa shape index (κ1) is 27.3. The van der Waals surface area contributed by atoms with Crippen LogP contribution in [0, 0.1) is 17.3 Å². The number of hydrogen-bond acceptors (Lipinski definition) is 1. The van der Waals surface area contributed by atoms with Crippen LogP contribution in [-0.4, -0.2) is 16.8 Å². The molecule has 1 amide bonds. The largest absolute Gasteiger partial charge is 0.332 e. The highest BCUT2D eigenvalue weighted by atomic mass is 35.5. The van der Waals surface area contributed by atoms with Crippen molar-refractivity contribution in [3.8, 4) is 0 Å². The maximum Gasteiger partial charge on any atom is 0.229 e. The van der Waals surface area contributed by atoms with Crippen LogP contribution in [0.15, 0.2) is 67.3 Å².